The minimum absolute atomic E-state index is 0.571. The molecule has 9 heteroatoms. The van der Waals surface area contributed by atoms with E-state index in [0.29, 0.717) is 11.6 Å². The van der Waals surface area contributed by atoms with Crippen LogP contribution in [0.5, 0.6) is 5.75 Å². The van der Waals surface area contributed by atoms with Gasteiger partial charge in [0.05, 0.1) is 28.4 Å². The Morgan fingerprint density at radius 2 is 1.89 bits per heavy atom. The molecular weight excluding hydrogens is 440 g/mol. The van der Waals surface area contributed by atoms with Crippen LogP contribution in [0.4, 0.5) is 0 Å². The lowest BCUT2D eigenvalue weighted by Gasteiger charge is -2.12. The van der Waals surface area contributed by atoms with Gasteiger partial charge in [-0.25, -0.2) is 14.6 Å². The number of aliphatic carboxylic acids is 2. The van der Waals surface area contributed by atoms with E-state index in [-0.39, 0.29) is 0 Å². The zero-order chi connectivity index (χ0) is 20.0. The van der Waals surface area contributed by atoms with Crippen LogP contribution in [0.25, 0.3) is 11.0 Å². The number of aromatic nitrogens is 2. The third-order valence-corrected chi connectivity index (χ3v) is 4.29. The summed E-state index contributed by atoms with van der Waals surface area (Å²) < 4.78 is 8.86. The third kappa shape index (κ3) is 5.70. The number of imidazole rings is 1. The summed E-state index contributed by atoms with van der Waals surface area (Å²) in [5, 5.41) is 15.5. The van der Waals surface area contributed by atoms with Gasteiger partial charge in [-0.2, -0.15) is 0 Å². The van der Waals surface area contributed by atoms with Gasteiger partial charge in [-0.3, -0.25) is 0 Å². The number of carbonyl (C=O) groups is 2. The lowest BCUT2D eigenvalue weighted by atomic mass is 10.2. The van der Waals surface area contributed by atoms with Gasteiger partial charge in [0.2, 0.25) is 0 Å². The fraction of sp³-hybridized carbons (Fsp3) is 0.167. The Balaban J connectivity index is 0.000000380. The molecular formula is C18H16BrClN2O5. The van der Waals surface area contributed by atoms with Crippen molar-refractivity contribution in [2.45, 2.75) is 13.5 Å². The normalized spacial score (nSPS) is 10.2. The molecule has 1 heterocycles. The van der Waals surface area contributed by atoms with Crippen LogP contribution in [0.1, 0.15) is 5.56 Å². The number of hydrogen-bond acceptors (Lipinski definition) is 4. The van der Waals surface area contributed by atoms with Gasteiger partial charge in [0.1, 0.15) is 12.4 Å². The summed E-state index contributed by atoms with van der Waals surface area (Å²) in [4.78, 5) is 22.6. The predicted octanol–water partition coefficient (Wildman–Crippen LogP) is 4.00. The van der Waals surface area contributed by atoms with Crippen LogP contribution < -0.4 is 4.74 Å². The number of hydrogen-bond donors (Lipinski definition) is 2. The maximum absolute atomic E-state index is 9.10. The molecule has 2 aromatic carbocycles. The van der Waals surface area contributed by atoms with E-state index in [1.165, 1.54) is 0 Å². The molecule has 0 radical (unpaired) electrons. The molecule has 0 unspecified atom stereocenters. The zero-order valence-electron chi connectivity index (χ0n) is 14.2. The highest BCUT2D eigenvalue weighted by atomic mass is 79.9. The highest BCUT2D eigenvalue weighted by Gasteiger charge is 2.08. The number of fused-ring (bicyclic) bond motifs is 1. The molecule has 0 aliphatic heterocycles. The molecule has 0 aliphatic carbocycles. The van der Waals surface area contributed by atoms with Gasteiger partial charge < -0.3 is 19.5 Å². The second-order valence-corrected chi connectivity index (χ2v) is 6.71. The van der Waals surface area contributed by atoms with Gasteiger partial charge in [0.15, 0.2) is 0 Å². The smallest absolute Gasteiger partial charge is 0.414 e. The Kier molecular flexibility index (Phi) is 7.20. The molecule has 0 fully saturated rings. The lowest BCUT2D eigenvalue weighted by Crippen LogP contribution is -2.09. The summed E-state index contributed by atoms with van der Waals surface area (Å²) in [6.45, 7) is 3.30. The summed E-state index contributed by atoms with van der Waals surface area (Å²) >= 11 is 9.49. The van der Waals surface area contributed by atoms with E-state index in [0.717, 1.165) is 33.4 Å². The Morgan fingerprint density at radius 1 is 1.22 bits per heavy atom. The van der Waals surface area contributed by atoms with E-state index in [4.69, 9.17) is 36.1 Å². The largest absolute Gasteiger partial charge is 0.490 e. The first kappa shape index (κ1) is 20.7. The number of ether oxygens (including phenoxy) is 1. The van der Waals surface area contributed by atoms with E-state index >= 15 is 0 Å². The summed E-state index contributed by atoms with van der Waals surface area (Å²) in [5.74, 6) is -2.81. The Hall–Kier alpha value is -2.58. The third-order valence-electron chi connectivity index (χ3n) is 3.48. The first-order chi connectivity index (χ1) is 12.8. The Morgan fingerprint density at radius 3 is 2.52 bits per heavy atom. The second-order valence-electron chi connectivity index (χ2n) is 5.42. The van der Waals surface area contributed by atoms with Crippen molar-refractivity contribution in [3.05, 3.63) is 57.8 Å². The highest BCUT2D eigenvalue weighted by Crippen LogP contribution is 2.32. The molecule has 0 amide bonds. The van der Waals surface area contributed by atoms with Gasteiger partial charge >= 0.3 is 11.9 Å². The van der Waals surface area contributed by atoms with E-state index in [1.807, 2.05) is 43.6 Å². The number of nitrogens with zero attached hydrogens (tertiary/aromatic N) is 2. The van der Waals surface area contributed by atoms with Gasteiger partial charge in [-0.15, -0.1) is 0 Å². The molecule has 0 saturated heterocycles. The van der Waals surface area contributed by atoms with Gasteiger partial charge in [-0.05, 0) is 52.7 Å². The van der Waals surface area contributed by atoms with Crippen LogP contribution in [0.3, 0.4) is 0 Å². The van der Waals surface area contributed by atoms with Crippen LogP contribution in [0.2, 0.25) is 5.02 Å². The van der Waals surface area contributed by atoms with Crippen molar-refractivity contribution in [2.24, 2.45) is 0 Å². The van der Waals surface area contributed by atoms with Crippen LogP contribution in [0.15, 0.2) is 47.2 Å². The summed E-state index contributed by atoms with van der Waals surface area (Å²) in [6.07, 6.45) is 1.85. The molecule has 1 aromatic heterocycles. The number of carboxylic acids is 2. The average molecular weight is 456 g/mol. The zero-order valence-corrected chi connectivity index (χ0v) is 16.6. The monoisotopic (exact) mass is 454 g/mol. The van der Waals surface area contributed by atoms with Crippen LogP contribution >= 0.6 is 27.5 Å². The molecule has 0 bridgehead atoms. The van der Waals surface area contributed by atoms with Crippen LogP contribution in [-0.2, 0) is 16.1 Å². The highest BCUT2D eigenvalue weighted by molar-refractivity contribution is 9.10. The fourth-order valence-electron chi connectivity index (χ4n) is 2.31. The summed E-state index contributed by atoms with van der Waals surface area (Å²) in [7, 11) is 0. The Bertz CT molecular complexity index is 938. The van der Waals surface area contributed by atoms with E-state index < -0.39 is 11.9 Å². The quantitative estimate of drug-likeness (QED) is 0.577. The van der Waals surface area contributed by atoms with Crippen LogP contribution in [0, 0.1) is 6.92 Å². The number of aryl methyl sites for hydroxylation is 1. The SMILES string of the molecule is Cc1cc(Cl)cc(Br)c1OCCn1cnc2ccccc21.O=C(O)C(=O)O. The number of carboxylic acid groups (broad SMARTS) is 2. The average Bonchev–Trinajstić information content (AvgIpc) is 3.01. The minimum atomic E-state index is -1.82. The van der Waals surface area contributed by atoms with Crippen molar-refractivity contribution in [2.75, 3.05) is 6.61 Å². The Labute approximate surface area is 168 Å². The van der Waals surface area contributed by atoms with Gasteiger partial charge in [0.25, 0.3) is 0 Å². The van der Waals surface area contributed by atoms with Crippen molar-refractivity contribution in [1.29, 1.82) is 0 Å². The molecule has 142 valence electrons. The van der Waals surface area contributed by atoms with Crippen molar-refractivity contribution < 1.29 is 24.5 Å². The van der Waals surface area contributed by atoms with E-state index in [2.05, 4.69) is 31.5 Å². The van der Waals surface area contributed by atoms with E-state index in [9.17, 15) is 0 Å². The lowest BCUT2D eigenvalue weighted by molar-refractivity contribution is -0.159. The maximum atomic E-state index is 9.10. The molecule has 2 N–H and O–H groups in total. The van der Waals surface area contributed by atoms with E-state index in [1.54, 1.807) is 0 Å². The molecule has 0 saturated carbocycles. The molecule has 0 spiro atoms. The van der Waals surface area contributed by atoms with Crippen LogP contribution in [-0.4, -0.2) is 38.3 Å². The second kappa shape index (κ2) is 9.38. The number of rotatable bonds is 4. The fourth-order valence-corrected chi connectivity index (χ4v) is 3.38. The number of benzene rings is 2. The topological polar surface area (TPSA) is 102 Å². The standard InChI is InChI=1S/C16H14BrClN2O.C2H2O4/c1-11-8-12(18)9-13(17)16(11)21-7-6-20-10-19-14-4-2-3-5-15(14)20;3-1(4)2(5)6/h2-5,8-10H,6-7H2,1H3;(H,3,4)(H,5,6). The first-order valence-electron chi connectivity index (χ1n) is 7.74. The predicted molar refractivity (Wildman–Crippen MR) is 104 cm³/mol. The summed E-state index contributed by atoms with van der Waals surface area (Å²) in [5.41, 5.74) is 3.14. The number of halogens is 2. The number of para-hydroxylation sites is 2. The molecule has 27 heavy (non-hydrogen) atoms. The molecule has 7 nitrogen and oxygen atoms in total. The van der Waals surface area contributed by atoms with Crippen molar-refractivity contribution in [3.63, 3.8) is 0 Å². The molecule has 3 rings (SSSR count). The molecule has 3 aromatic rings. The molecule has 0 atom stereocenters. The van der Waals surface area contributed by atoms with Crippen molar-refractivity contribution >= 4 is 50.5 Å². The summed E-state index contributed by atoms with van der Waals surface area (Å²) in [6, 6.07) is 11.8. The maximum Gasteiger partial charge on any atom is 0.414 e. The molecule has 0 aliphatic rings. The van der Waals surface area contributed by atoms with Crippen molar-refractivity contribution in [3.8, 4) is 5.75 Å². The first-order valence-corrected chi connectivity index (χ1v) is 8.91. The van der Waals surface area contributed by atoms with Crippen molar-refractivity contribution in [1.82, 2.24) is 9.55 Å². The minimum Gasteiger partial charge on any atom is -0.490 e. The van der Waals surface area contributed by atoms with Gasteiger partial charge in [0, 0.05) is 5.02 Å². The van der Waals surface area contributed by atoms with Gasteiger partial charge in [-0.1, -0.05) is 23.7 Å².